The van der Waals surface area contributed by atoms with E-state index >= 15 is 0 Å². The van der Waals surface area contributed by atoms with Crippen molar-refractivity contribution in [3.05, 3.63) is 54.0 Å². The van der Waals surface area contributed by atoms with Crippen LogP contribution in [0.2, 0.25) is 0 Å². The summed E-state index contributed by atoms with van der Waals surface area (Å²) in [7, 11) is 0. The first-order valence-corrected chi connectivity index (χ1v) is 5.66. The Morgan fingerprint density at radius 1 is 1.22 bits per heavy atom. The molecule has 1 amide bonds. The monoisotopic (exact) mass is 242 g/mol. The van der Waals surface area contributed by atoms with Crippen LogP contribution in [0.3, 0.4) is 0 Å². The van der Waals surface area contributed by atoms with Gasteiger partial charge in [-0.1, -0.05) is 12.1 Å². The van der Waals surface area contributed by atoms with E-state index in [2.05, 4.69) is 15.3 Å². The molecule has 0 atom stereocenters. The topological polar surface area (TPSA) is 80.9 Å². The zero-order chi connectivity index (χ0) is 12.8. The van der Waals surface area contributed by atoms with Crippen LogP contribution in [-0.4, -0.2) is 22.4 Å². The molecule has 0 unspecified atom stereocenters. The molecule has 0 aliphatic rings. The summed E-state index contributed by atoms with van der Waals surface area (Å²) in [6, 6.07) is 10.7. The number of nitrogens with one attached hydrogen (secondary N) is 1. The molecular weight excluding hydrogens is 228 g/mol. The van der Waals surface area contributed by atoms with Gasteiger partial charge in [0.25, 0.3) is 5.91 Å². The third kappa shape index (κ3) is 3.28. The fraction of sp³-hybridized carbons (Fsp3) is 0.154. The van der Waals surface area contributed by atoms with Gasteiger partial charge in [0.2, 0.25) is 0 Å². The van der Waals surface area contributed by atoms with Gasteiger partial charge in [0.05, 0.1) is 0 Å². The maximum atomic E-state index is 11.7. The molecule has 0 aromatic carbocycles. The predicted molar refractivity (Wildman–Crippen MR) is 68.9 cm³/mol. The van der Waals surface area contributed by atoms with Gasteiger partial charge >= 0.3 is 0 Å². The lowest BCUT2D eigenvalue weighted by Gasteiger charge is -2.04. The second kappa shape index (κ2) is 5.77. The Morgan fingerprint density at radius 2 is 2.11 bits per heavy atom. The van der Waals surface area contributed by atoms with Crippen molar-refractivity contribution in [2.24, 2.45) is 0 Å². The summed E-state index contributed by atoms with van der Waals surface area (Å²) in [6.07, 6.45) is 2.42. The molecule has 0 radical (unpaired) electrons. The highest BCUT2D eigenvalue weighted by Crippen LogP contribution is 2.00. The van der Waals surface area contributed by atoms with Crippen molar-refractivity contribution in [1.29, 1.82) is 0 Å². The lowest BCUT2D eigenvalue weighted by Crippen LogP contribution is -2.26. The Hall–Kier alpha value is -2.43. The summed E-state index contributed by atoms with van der Waals surface area (Å²) in [5.74, 6) is 0.116. The van der Waals surface area contributed by atoms with Crippen LogP contribution in [-0.2, 0) is 6.42 Å². The molecule has 2 heterocycles. The molecular formula is C13H14N4O. The highest BCUT2D eigenvalue weighted by molar-refractivity contribution is 5.92. The van der Waals surface area contributed by atoms with Crippen LogP contribution >= 0.6 is 0 Å². The first kappa shape index (κ1) is 12.0. The second-order valence-corrected chi connectivity index (χ2v) is 3.77. The van der Waals surface area contributed by atoms with Crippen LogP contribution in [0.1, 0.15) is 16.2 Å². The van der Waals surface area contributed by atoms with Crippen molar-refractivity contribution in [2.45, 2.75) is 6.42 Å². The minimum absolute atomic E-state index is 0.224. The lowest BCUT2D eigenvalue weighted by atomic mass is 10.2. The zero-order valence-electron chi connectivity index (χ0n) is 9.84. The van der Waals surface area contributed by atoms with Gasteiger partial charge in [-0.15, -0.1) is 0 Å². The molecule has 0 saturated heterocycles. The number of aromatic nitrogens is 2. The van der Waals surface area contributed by atoms with Crippen LogP contribution in [0.25, 0.3) is 0 Å². The number of nitrogens with two attached hydrogens (primary N) is 1. The number of carbonyl (C=O) groups excluding carboxylic acids is 1. The van der Waals surface area contributed by atoms with Crippen molar-refractivity contribution in [2.75, 3.05) is 12.3 Å². The molecule has 5 heteroatoms. The third-order valence-corrected chi connectivity index (χ3v) is 2.40. The average Bonchev–Trinajstić information content (AvgIpc) is 2.40. The number of rotatable bonds is 4. The normalized spacial score (nSPS) is 10.0. The summed E-state index contributed by atoms with van der Waals surface area (Å²) in [4.78, 5) is 19.9. The molecule has 0 spiro atoms. The van der Waals surface area contributed by atoms with Crippen LogP contribution in [0.15, 0.2) is 42.6 Å². The number of amides is 1. The van der Waals surface area contributed by atoms with Crippen LogP contribution in [0, 0.1) is 0 Å². The number of hydrogen-bond acceptors (Lipinski definition) is 4. The predicted octanol–water partition coefficient (Wildman–Crippen LogP) is 1.03. The van der Waals surface area contributed by atoms with Crippen LogP contribution < -0.4 is 11.1 Å². The fourth-order valence-corrected chi connectivity index (χ4v) is 1.52. The van der Waals surface area contributed by atoms with E-state index in [0.29, 0.717) is 24.5 Å². The molecule has 0 saturated carbocycles. The van der Waals surface area contributed by atoms with Gasteiger partial charge in [0, 0.05) is 24.9 Å². The van der Waals surface area contributed by atoms with Crippen molar-refractivity contribution in [1.82, 2.24) is 15.3 Å². The van der Waals surface area contributed by atoms with Gasteiger partial charge in [0.15, 0.2) is 0 Å². The second-order valence-electron chi connectivity index (χ2n) is 3.77. The fourth-order valence-electron chi connectivity index (χ4n) is 1.52. The molecule has 0 fully saturated rings. The van der Waals surface area contributed by atoms with E-state index < -0.39 is 0 Å². The molecule has 2 rings (SSSR count). The molecule has 2 aromatic heterocycles. The molecule has 92 valence electrons. The Kier molecular flexibility index (Phi) is 3.86. The molecule has 3 N–H and O–H groups in total. The van der Waals surface area contributed by atoms with E-state index in [9.17, 15) is 4.79 Å². The number of anilines is 1. The van der Waals surface area contributed by atoms with Gasteiger partial charge in [-0.05, 0) is 24.3 Å². The number of carbonyl (C=O) groups is 1. The van der Waals surface area contributed by atoms with E-state index in [1.165, 1.54) is 0 Å². The highest BCUT2D eigenvalue weighted by atomic mass is 16.1. The Labute approximate surface area is 105 Å². The Balaban J connectivity index is 1.86. The van der Waals surface area contributed by atoms with Crippen molar-refractivity contribution in [3.63, 3.8) is 0 Å². The maximum Gasteiger partial charge on any atom is 0.269 e. The number of nitrogen functional groups attached to an aromatic ring is 1. The lowest BCUT2D eigenvalue weighted by molar-refractivity contribution is 0.0949. The quantitative estimate of drug-likeness (QED) is 0.839. The molecule has 0 aliphatic carbocycles. The first-order valence-electron chi connectivity index (χ1n) is 5.66. The number of hydrogen-bond donors (Lipinski definition) is 2. The van der Waals surface area contributed by atoms with Crippen molar-refractivity contribution in [3.8, 4) is 0 Å². The Morgan fingerprint density at radius 3 is 2.83 bits per heavy atom. The highest BCUT2D eigenvalue weighted by Gasteiger charge is 2.06. The van der Waals surface area contributed by atoms with E-state index in [-0.39, 0.29) is 5.91 Å². The number of nitrogens with zero attached hydrogens (tertiary/aromatic N) is 2. The van der Waals surface area contributed by atoms with Crippen LogP contribution in [0.5, 0.6) is 0 Å². The summed E-state index contributed by atoms with van der Waals surface area (Å²) >= 11 is 0. The summed E-state index contributed by atoms with van der Waals surface area (Å²) in [5, 5.41) is 2.78. The van der Waals surface area contributed by atoms with Gasteiger partial charge < -0.3 is 11.1 Å². The van der Waals surface area contributed by atoms with E-state index in [1.54, 1.807) is 24.4 Å². The SMILES string of the molecule is Nc1cccc(C(=O)NCCc2ccccn2)n1. The van der Waals surface area contributed by atoms with Gasteiger partial charge in [-0.3, -0.25) is 9.78 Å². The van der Waals surface area contributed by atoms with Gasteiger partial charge in [-0.2, -0.15) is 0 Å². The summed E-state index contributed by atoms with van der Waals surface area (Å²) in [6.45, 7) is 0.520. The van der Waals surface area contributed by atoms with Crippen LogP contribution in [0.4, 0.5) is 5.82 Å². The minimum atomic E-state index is -0.224. The van der Waals surface area contributed by atoms with Crippen molar-refractivity contribution < 1.29 is 4.79 Å². The van der Waals surface area contributed by atoms with E-state index in [0.717, 1.165) is 5.69 Å². The molecule has 18 heavy (non-hydrogen) atoms. The molecule has 0 aliphatic heterocycles. The van der Waals surface area contributed by atoms with Crippen molar-refractivity contribution >= 4 is 11.7 Å². The third-order valence-electron chi connectivity index (χ3n) is 2.40. The van der Waals surface area contributed by atoms with E-state index in [4.69, 9.17) is 5.73 Å². The Bertz CT molecular complexity index is 528. The average molecular weight is 242 g/mol. The molecule has 0 bridgehead atoms. The summed E-state index contributed by atoms with van der Waals surface area (Å²) < 4.78 is 0. The standard InChI is InChI=1S/C13H14N4O/c14-12-6-3-5-11(17-12)13(18)16-9-7-10-4-1-2-8-15-10/h1-6,8H,7,9H2,(H2,14,17)(H,16,18). The minimum Gasteiger partial charge on any atom is -0.384 e. The first-order chi connectivity index (χ1) is 8.75. The summed E-state index contributed by atoms with van der Waals surface area (Å²) in [5.41, 5.74) is 6.79. The van der Waals surface area contributed by atoms with Gasteiger partial charge in [0.1, 0.15) is 11.5 Å². The largest absolute Gasteiger partial charge is 0.384 e. The molecule has 2 aromatic rings. The van der Waals surface area contributed by atoms with E-state index in [1.807, 2.05) is 18.2 Å². The smallest absolute Gasteiger partial charge is 0.269 e. The number of pyridine rings is 2. The van der Waals surface area contributed by atoms with Gasteiger partial charge in [-0.25, -0.2) is 4.98 Å². The maximum absolute atomic E-state index is 11.7. The molecule has 5 nitrogen and oxygen atoms in total. The zero-order valence-corrected chi connectivity index (χ0v) is 9.84.